The van der Waals surface area contributed by atoms with Crippen molar-refractivity contribution >= 4 is 21.5 Å². The van der Waals surface area contributed by atoms with Gasteiger partial charge in [-0.2, -0.15) is 0 Å². The van der Waals surface area contributed by atoms with E-state index in [1.165, 1.54) is 161 Å². The third-order valence-electron chi connectivity index (χ3n) is 17.8. The summed E-state index contributed by atoms with van der Waals surface area (Å²) >= 11 is 0. The van der Waals surface area contributed by atoms with Gasteiger partial charge in [0.1, 0.15) is 0 Å². The molecule has 0 heteroatoms. The highest BCUT2D eigenvalue weighted by Crippen LogP contribution is 2.63. The molecule has 84 heavy (non-hydrogen) atoms. The van der Waals surface area contributed by atoms with Crippen molar-refractivity contribution in [3.63, 3.8) is 0 Å². The minimum Gasteiger partial charge on any atom is -0.0683 e. The maximum absolute atomic E-state index is 2.51. The van der Waals surface area contributed by atoms with E-state index in [0.29, 0.717) is 5.92 Å². The summed E-state index contributed by atoms with van der Waals surface area (Å²) in [6.07, 6.45) is 0. The molecule has 0 unspecified atom stereocenters. The molecule has 0 N–H and O–H groups in total. The van der Waals surface area contributed by atoms with Gasteiger partial charge in [-0.25, -0.2) is 0 Å². The molecule has 0 radical (unpaired) electrons. The van der Waals surface area contributed by atoms with E-state index in [1.54, 1.807) is 0 Å². The van der Waals surface area contributed by atoms with Crippen LogP contribution >= 0.6 is 0 Å². The second kappa shape index (κ2) is 23.2. The molecule has 0 atom stereocenters. The Morgan fingerprint density at radius 2 is 0.583 bits per heavy atom. The monoisotopic (exact) mass is 1100 g/mol. The van der Waals surface area contributed by atoms with Gasteiger partial charge in [0.15, 0.2) is 0 Å². The van der Waals surface area contributed by atoms with Gasteiger partial charge in [-0.15, -0.1) is 0 Å². The number of rotatable bonds is 2. The van der Waals surface area contributed by atoms with Crippen molar-refractivity contribution in [2.45, 2.75) is 147 Å². The summed E-state index contributed by atoms with van der Waals surface area (Å²) in [4.78, 5) is 0. The maximum Gasteiger partial charge on any atom is 0.0725 e. The summed E-state index contributed by atoms with van der Waals surface area (Å²) in [5, 5.41) is 5.26. The SMILES string of the molecule is CC.CC.Cc1ccc(-c2c3ccccc3c(-c3ccc(C)cc3)c3cc(C(C)(C)C)ccc23)cc1.Cc1ccc2c(c1)C(C)c1cc(C)ccc1-2.Cc1ccc2c(c1)C1(c3cc(C)ccc3-2)c2cc(C)ccc2-c2ccc(C(C)(C)C)cc21. The lowest BCUT2D eigenvalue weighted by Gasteiger charge is -2.32. The first-order valence-electron chi connectivity index (χ1n) is 31.0. The number of aryl methyl sites for hydroxylation is 7. The smallest absolute Gasteiger partial charge is 0.0683 e. The van der Waals surface area contributed by atoms with E-state index >= 15 is 0 Å². The van der Waals surface area contributed by atoms with E-state index in [9.17, 15) is 0 Å². The van der Waals surface area contributed by atoms with Gasteiger partial charge in [-0.05, 0) is 187 Å². The Hall–Kier alpha value is -8.06. The number of hydrogen-bond acceptors (Lipinski definition) is 0. The molecule has 0 heterocycles. The minimum atomic E-state index is -0.249. The van der Waals surface area contributed by atoms with Crippen molar-refractivity contribution in [3.05, 3.63) is 284 Å². The van der Waals surface area contributed by atoms with Crippen molar-refractivity contribution < 1.29 is 0 Å². The van der Waals surface area contributed by atoms with Crippen LogP contribution in [0, 0.1) is 48.5 Å². The van der Waals surface area contributed by atoms with Gasteiger partial charge in [0.05, 0.1) is 5.41 Å². The fraction of sp³-hybridized carbons (Fsp3) is 0.262. The van der Waals surface area contributed by atoms with Crippen molar-refractivity contribution in [3.8, 4) is 55.6 Å². The second-order valence-corrected chi connectivity index (χ2v) is 25.8. The van der Waals surface area contributed by atoms with Crippen LogP contribution in [0.2, 0.25) is 0 Å². The highest BCUT2D eigenvalue weighted by Gasteiger charge is 2.52. The van der Waals surface area contributed by atoms with Crippen molar-refractivity contribution in [1.29, 1.82) is 0 Å². The molecule has 0 nitrogen and oxygen atoms in total. The molecule has 11 aromatic carbocycles. The third kappa shape index (κ3) is 10.5. The zero-order valence-electron chi connectivity index (χ0n) is 53.6. The number of fused-ring (bicyclic) bond motifs is 15. The largest absolute Gasteiger partial charge is 0.0725 e. The van der Waals surface area contributed by atoms with Gasteiger partial charge < -0.3 is 0 Å². The molecule has 0 amide bonds. The van der Waals surface area contributed by atoms with Gasteiger partial charge in [0, 0.05) is 5.92 Å². The van der Waals surface area contributed by atoms with E-state index < -0.39 is 0 Å². The molecule has 0 bridgehead atoms. The first kappa shape index (κ1) is 59.1. The predicted octanol–water partition coefficient (Wildman–Crippen LogP) is 24.0. The molecule has 0 aliphatic heterocycles. The van der Waals surface area contributed by atoms with E-state index in [2.05, 4.69) is 297 Å². The lowest BCUT2D eigenvalue weighted by molar-refractivity contribution is 0.588. The molecule has 0 fully saturated rings. The lowest BCUT2D eigenvalue weighted by Crippen LogP contribution is -2.27. The van der Waals surface area contributed by atoms with Gasteiger partial charge >= 0.3 is 0 Å². The van der Waals surface area contributed by atoms with Gasteiger partial charge in [-0.1, -0.05) is 309 Å². The summed E-state index contributed by atoms with van der Waals surface area (Å²) in [7, 11) is 0. The first-order valence-corrected chi connectivity index (χ1v) is 31.0. The molecule has 0 aromatic heterocycles. The maximum atomic E-state index is 2.51. The van der Waals surface area contributed by atoms with Crippen molar-refractivity contribution in [2.24, 2.45) is 0 Å². The normalized spacial score (nSPS) is 12.9. The molecule has 14 rings (SSSR count). The molecular weight excluding hydrogens is 1010 g/mol. The third-order valence-corrected chi connectivity index (χ3v) is 17.8. The average Bonchev–Trinajstić information content (AvgIpc) is 1.77. The molecular formula is C84H88. The van der Waals surface area contributed by atoms with Crippen LogP contribution in [-0.2, 0) is 16.2 Å². The molecule has 3 aliphatic rings. The molecule has 0 saturated heterocycles. The van der Waals surface area contributed by atoms with E-state index in [-0.39, 0.29) is 16.2 Å². The van der Waals surface area contributed by atoms with Crippen LogP contribution in [0.5, 0.6) is 0 Å². The summed E-state index contributed by atoms with van der Waals surface area (Å²) in [6, 6.07) is 75.9. The Kier molecular flexibility index (Phi) is 16.3. The Morgan fingerprint density at radius 1 is 0.286 bits per heavy atom. The van der Waals surface area contributed by atoms with Crippen LogP contribution in [-0.4, -0.2) is 0 Å². The zero-order valence-corrected chi connectivity index (χ0v) is 53.6. The highest BCUT2D eigenvalue weighted by atomic mass is 14.5. The molecule has 0 saturated carbocycles. The van der Waals surface area contributed by atoms with Crippen LogP contribution < -0.4 is 0 Å². The predicted molar refractivity (Wildman–Crippen MR) is 368 cm³/mol. The first-order chi connectivity index (χ1) is 40.2. The summed E-state index contributed by atoms with van der Waals surface area (Å²) in [5.74, 6) is 0.546. The summed E-state index contributed by atoms with van der Waals surface area (Å²) in [5.41, 5.74) is 34.3. The summed E-state index contributed by atoms with van der Waals surface area (Å²) < 4.78 is 0. The van der Waals surface area contributed by atoms with Crippen LogP contribution in [0.3, 0.4) is 0 Å². The number of benzene rings is 11. The summed E-state index contributed by atoms with van der Waals surface area (Å²) in [6.45, 7) is 39.4. The molecule has 3 aliphatic carbocycles. The Morgan fingerprint density at radius 3 is 0.976 bits per heavy atom. The number of hydrogen-bond donors (Lipinski definition) is 0. The van der Waals surface area contributed by atoms with Crippen molar-refractivity contribution in [1.82, 2.24) is 0 Å². The van der Waals surface area contributed by atoms with Gasteiger partial charge in [0.2, 0.25) is 0 Å². The van der Waals surface area contributed by atoms with Gasteiger partial charge in [-0.3, -0.25) is 0 Å². The van der Waals surface area contributed by atoms with Crippen molar-refractivity contribution in [2.75, 3.05) is 0 Å². The van der Waals surface area contributed by atoms with Crippen LogP contribution in [0.4, 0.5) is 0 Å². The van der Waals surface area contributed by atoms with Crippen LogP contribution in [0.1, 0.15) is 166 Å². The van der Waals surface area contributed by atoms with Crippen LogP contribution in [0.25, 0.3) is 77.2 Å². The zero-order chi connectivity index (χ0) is 60.2. The fourth-order valence-electron chi connectivity index (χ4n) is 13.5. The average molecular weight is 1100 g/mol. The molecule has 424 valence electrons. The fourth-order valence-corrected chi connectivity index (χ4v) is 13.5. The Labute approximate surface area is 504 Å². The quantitative estimate of drug-likeness (QED) is 0.151. The Bertz CT molecular complexity index is 4130. The Balaban J connectivity index is 0.000000143. The topological polar surface area (TPSA) is 0 Å². The minimum absolute atomic E-state index is 0.0917. The standard InChI is InChI=1S/2C32H30.C16H16.2C2H6/c1-19-7-11-23-24-12-8-20(2)16-28(24)32(27(23)15-19)29-17-21(3)9-13-25(29)26-14-10-22(18-30(26)32)31(4,5)6;1-21-10-14-23(15-11-21)30-26-8-6-7-9-27(26)31(24-16-12-22(2)13-17-24)29-20-25(32(3,4)5)18-19-28(29)30;1-10-4-6-13-14-7-5-11(2)9-16(14)12(3)15(13)8-10;2*1-2/h7-18H,1-6H3;6-20H,1-5H3;4-9,12H,1-3H3;2*1-2H3. The second-order valence-electron chi connectivity index (χ2n) is 25.8. The highest BCUT2D eigenvalue weighted by molar-refractivity contribution is 6.21. The lowest BCUT2D eigenvalue weighted by atomic mass is 9.69. The van der Waals surface area contributed by atoms with Gasteiger partial charge in [0.25, 0.3) is 0 Å². The van der Waals surface area contributed by atoms with E-state index in [1.807, 2.05) is 27.7 Å². The molecule has 1 spiro atoms. The van der Waals surface area contributed by atoms with E-state index in [0.717, 1.165) is 0 Å². The molecule has 11 aromatic rings. The van der Waals surface area contributed by atoms with Crippen LogP contribution in [0.15, 0.2) is 200 Å². The van der Waals surface area contributed by atoms with E-state index in [4.69, 9.17) is 0 Å².